The van der Waals surface area contributed by atoms with Crippen molar-refractivity contribution in [1.82, 2.24) is 9.88 Å². The van der Waals surface area contributed by atoms with E-state index in [9.17, 15) is 9.59 Å². The molecule has 0 spiro atoms. The minimum absolute atomic E-state index is 0.164. The molecule has 5 nitrogen and oxygen atoms in total. The van der Waals surface area contributed by atoms with Crippen molar-refractivity contribution in [3.63, 3.8) is 0 Å². The number of hydrogen-bond donors (Lipinski definition) is 2. The molecule has 0 aliphatic heterocycles. The molecule has 0 radical (unpaired) electrons. The summed E-state index contributed by atoms with van der Waals surface area (Å²) >= 11 is 0. The molecule has 5 heteroatoms. The fourth-order valence-corrected chi connectivity index (χ4v) is 2.73. The Morgan fingerprint density at radius 2 is 2.04 bits per heavy atom. The molecule has 0 atom stereocenters. The summed E-state index contributed by atoms with van der Waals surface area (Å²) in [6.07, 6.45) is 4.89. The van der Waals surface area contributed by atoms with Crippen LogP contribution in [0.25, 0.3) is 10.9 Å². The largest absolute Gasteiger partial charge is 0.398 e. The van der Waals surface area contributed by atoms with E-state index in [0.717, 1.165) is 31.3 Å². The zero-order valence-corrected chi connectivity index (χ0v) is 14.8. The minimum Gasteiger partial charge on any atom is -0.398 e. The smallest absolute Gasteiger partial charge is 0.256 e. The van der Waals surface area contributed by atoms with E-state index in [4.69, 9.17) is 5.73 Å². The lowest BCUT2D eigenvalue weighted by Crippen LogP contribution is -2.32. The topological polar surface area (TPSA) is 77.1 Å². The first-order valence-corrected chi connectivity index (χ1v) is 8.65. The Balaban J connectivity index is 2.51. The van der Waals surface area contributed by atoms with E-state index in [2.05, 4.69) is 12.2 Å². The number of nitrogen functional groups attached to an aromatic ring is 1. The van der Waals surface area contributed by atoms with Crippen LogP contribution in [0, 0.1) is 5.92 Å². The van der Waals surface area contributed by atoms with Gasteiger partial charge in [-0.2, -0.15) is 0 Å². The number of pyridine rings is 1. The summed E-state index contributed by atoms with van der Waals surface area (Å²) in [5.41, 5.74) is 7.10. The average Bonchev–Trinajstić information content (AvgIpc) is 2.54. The van der Waals surface area contributed by atoms with Crippen LogP contribution in [-0.4, -0.2) is 17.0 Å². The molecule has 0 unspecified atom stereocenters. The van der Waals surface area contributed by atoms with Crippen LogP contribution in [-0.2, 0) is 6.54 Å². The summed E-state index contributed by atoms with van der Waals surface area (Å²) in [6.45, 7) is 7.48. The van der Waals surface area contributed by atoms with Gasteiger partial charge in [0.2, 0.25) is 5.43 Å². The Hall–Kier alpha value is -2.30. The molecule has 3 N–H and O–H groups in total. The van der Waals surface area contributed by atoms with Crippen molar-refractivity contribution in [1.29, 1.82) is 0 Å². The van der Waals surface area contributed by atoms with E-state index >= 15 is 0 Å². The summed E-state index contributed by atoms with van der Waals surface area (Å²) in [4.78, 5) is 25.2. The van der Waals surface area contributed by atoms with E-state index in [-0.39, 0.29) is 16.9 Å². The van der Waals surface area contributed by atoms with Gasteiger partial charge in [0.05, 0.1) is 10.9 Å². The van der Waals surface area contributed by atoms with Gasteiger partial charge in [0.1, 0.15) is 5.56 Å². The number of amides is 1. The number of carbonyl (C=O) groups is 1. The molecule has 0 saturated carbocycles. The highest BCUT2D eigenvalue weighted by atomic mass is 16.2. The summed E-state index contributed by atoms with van der Waals surface area (Å²) in [5.74, 6) is -0.00523. The number of anilines is 1. The second-order valence-corrected chi connectivity index (χ2v) is 6.62. The average molecular weight is 329 g/mol. The molecule has 24 heavy (non-hydrogen) atoms. The number of rotatable bonds is 7. The Kier molecular flexibility index (Phi) is 6.01. The number of benzene rings is 1. The van der Waals surface area contributed by atoms with Crippen molar-refractivity contribution in [3.05, 3.63) is 40.2 Å². The maximum atomic E-state index is 12.8. The molecule has 1 aromatic carbocycles. The second-order valence-electron chi connectivity index (χ2n) is 6.62. The molecule has 2 rings (SSSR count). The lowest BCUT2D eigenvalue weighted by atomic mass is 10.1. The van der Waals surface area contributed by atoms with Crippen molar-refractivity contribution in [2.75, 3.05) is 12.3 Å². The Morgan fingerprint density at radius 3 is 2.71 bits per heavy atom. The lowest BCUT2D eigenvalue weighted by Gasteiger charge is -2.15. The maximum Gasteiger partial charge on any atom is 0.256 e. The van der Waals surface area contributed by atoms with Gasteiger partial charge < -0.3 is 15.6 Å². The molecular formula is C19H27N3O2. The summed E-state index contributed by atoms with van der Waals surface area (Å²) in [7, 11) is 0. The number of nitrogens with zero attached hydrogens (tertiary/aromatic N) is 1. The highest BCUT2D eigenvalue weighted by Crippen LogP contribution is 2.19. The molecule has 0 fully saturated rings. The Labute approximate surface area is 142 Å². The molecule has 0 bridgehead atoms. The molecule has 2 aromatic rings. The fraction of sp³-hybridized carbons (Fsp3) is 0.474. The first kappa shape index (κ1) is 18.0. The number of hydrogen-bond acceptors (Lipinski definition) is 3. The summed E-state index contributed by atoms with van der Waals surface area (Å²) in [6, 6.07) is 5.43. The van der Waals surface area contributed by atoms with E-state index in [0.29, 0.717) is 23.5 Å². The van der Waals surface area contributed by atoms with Crippen LogP contribution >= 0.6 is 0 Å². The monoisotopic (exact) mass is 329 g/mol. The maximum absolute atomic E-state index is 12.8. The van der Waals surface area contributed by atoms with Gasteiger partial charge in [0, 0.05) is 25.0 Å². The molecule has 0 aliphatic carbocycles. The normalized spacial score (nSPS) is 11.2. The van der Waals surface area contributed by atoms with E-state index in [1.54, 1.807) is 12.3 Å². The Bertz CT molecular complexity index is 778. The predicted molar refractivity (Wildman–Crippen MR) is 99.3 cm³/mol. The van der Waals surface area contributed by atoms with Crippen molar-refractivity contribution < 1.29 is 4.79 Å². The second kappa shape index (κ2) is 7.99. The van der Waals surface area contributed by atoms with Crippen LogP contribution in [0.5, 0.6) is 0 Å². The highest BCUT2D eigenvalue weighted by molar-refractivity contribution is 6.00. The van der Waals surface area contributed by atoms with Gasteiger partial charge in [-0.3, -0.25) is 9.59 Å². The minimum atomic E-state index is -0.330. The molecule has 0 aliphatic rings. The zero-order valence-electron chi connectivity index (χ0n) is 14.8. The highest BCUT2D eigenvalue weighted by Gasteiger charge is 2.17. The van der Waals surface area contributed by atoms with E-state index < -0.39 is 0 Å². The van der Waals surface area contributed by atoms with Gasteiger partial charge in [-0.15, -0.1) is 0 Å². The number of aromatic nitrogens is 1. The summed E-state index contributed by atoms with van der Waals surface area (Å²) in [5, 5.41) is 3.26. The van der Waals surface area contributed by atoms with Crippen LogP contribution in [0.3, 0.4) is 0 Å². The number of fused-ring (bicyclic) bond motifs is 1. The van der Waals surface area contributed by atoms with Gasteiger partial charge in [0.25, 0.3) is 5.91 Å². The molecule has 1 amide bonds. The van der Waals surface area contributed by atoms with E-state index in [1.807, 2.05) is 30.5 Å². The number of carbonyl (C=O) groups excluding carboxylic acids is 1. The van der Waals surface area contributed by atoms with Crippen molar-refractivity contribution >= 4 is 22.5 Å². The van der Waals surface area contributed by atoms with Gasteiger partial charge in [-0.1, -0.05) is 39.7 Å². The third-order valence-electron chi connectivity index (χ3n) is 4.06. The quantitative estimate of drug-likeness (QED) is 0.605. The summed E-state index contributed by atoms with van der Waals surface area (Å²) < 4.78 is 1.98. The van der Waals surface area contributed by atoms with Crippen molar-refractivity contribution in [2.45, 2.75) is 46.6 Å². The van der Waals surface area contributed by atoms with Gasteiger partial charge in [-0.05, 0) is 24.5 Å². The first-order chi connectivity index (χ1) is 11.5. The molecule has 130 valence electrons. The first-order valence-electron chi connectivity index (χ1n) is 8.65. The van der Waals surface area contributed by atoms with Crippen LogP contribution in [0.4, 0.5) is 5.69 Å². The van der Waals surface area contributed by atoms with Gasteiger partial charge >= 0.3 is 0 Å². The van der Waals surface area contributed by atoms with Gasteiger partial charge in [-0.25, -0.2) is 0 Å². The van der Waals surface area contributed by atoms with Crippen LogP contribution in [0.1, 0.15) is 50.4 Å². The fourth-order valence-electron chi connectivity index (χ4n) is 2.73. The molecule has 1 heterocycles. The zero-order chi connectivity index (χ0) is 17.7. The number of nitrogens with two attached hydrogens (primary N) is 1. The van der Waals surface area contributed by atoms with E-state index in [1.165, 1.54) is 0 Å². The third-order valence-corrected chi connectivity index (χ3v) is 4.06. The molecule has 1 aromatic heterocycles. The SMILES string of the molecule is CCCCCn1cc(C(=O)NCC(C)C)c(=O)c2c(N)cccc21. The standard InChI is InChI=1S/C19H27N3O2/c1-4-5-6-10-22-12-14(19(24)21-11-13(2)3)18(23)17-15(20)8-7-9-16(17)22/h7-9,12-13H,4-6,10-11,20H2,1-3H3,(H,21,24). The number of aryl methyl sites for hydroxylation is 1. The van der Waals surface area contributed by atoms with Crippen molar-refractivity contribution in [3.8, 4) is 0 Å². The van der Waals surface area contributed by atoms with Crippen LogP contribution in [0.15, 0.2) is 29.2 Å². The predicted octanol–water partition coefficient (Wildman–Crippen LogP) is 3.16. The molecular weight excluding hydrogens is 302 g/mol. The Morgan fingerprint density at radius 1 is 1.29 bits per heavy atom. The lowest BCUT2D eigenvalue weighted by molar-refractivity contribution is 0.0947. The number of nitrogens with one attached hydrogen (secondary N) is 1. The van der Waals surface area contributed by atoms with Crippen LogP contribution in [0.2, 0.25) is 0 Å². The van der Waals surface area contributed by atoms with Crippen LogP contribution < -0.4 is 16.5 Å². The van der Waals surface area contributed by atoms with Crippen molar-refractivity contribution in [2.24, 2.45) is 5.92 Å². The molecule has 0 saturated heterocycles. The third kappa shape index (κ3) is 3.96. The number of unbranched alkanes of at least 4 members (excludes halogenated alkanes) is 2. The van der Waals surface area contributed by atoms with Gasteiger partial charge in [0.15, 0.2) is 0 Å².